The van der Waals surface area contributed by atoms with E-state index in [1.165, 1.54) is 17.0 Å². The van der Waals surface area contributed by atoms with Crippen LogP contribution in [0.4, 0.5) is 10.1 Å². The van der Waals surface area contributed by atoms with E-state index in [0.29, 0.717) is 18.5 Å². The highest BCUT2D eigenvalue weighted by atomic mass is 19.1. The first kappa shape index (κ1) is 16.4. The molecule has 0 aromatic heterocycles. The number of likely N-dealkylation sites (tertiary alicyclic amines) is 1. The fourth-order valence-electron chi connectivity index (χ4n) is 3.24. The lowest BCUT2D eigenvalue weighted by Crippen LogP contribution is -2.34. The molecule has 3 rings (SSSR count). The van der Waals surface area contributed by atoms with E-state index in [9.17, 15) is 18.8 Å². The van der Waals surface area contributed by atoms with Crippen molar-refractivity contribution in [3.63, 3.8) is 0 Å². The number of allylic oxidation sites excluding steroid dienone is 2. The van der Waals surface area contributed by atoms with Gasteiger partial charge in [0.05, 0.1) is 11.8 Å². The second-order valence-corrected chi connectivity index (χ2v) is 6.24. The Balaban J connectivity index is 1.59. The van der Waals surface area contributed by atoms with Gasteiger partial charge in [-0.15, -0.1) is 0 Å². The Bertz CT molecular complexity index is 703. The maximum absolute atomic E-state index is 13.2. The lowest BCUT2D eigenvalue weighted by molar-refractivity contribution is -0.140. The Hall–Kier alpha value is -2.50. The molecule has 0 spiro atoms. The van der Waals surface area contributed by atoms with Gasteiger partial charge in [-0.2, -0.15) is 0 Å². The summed E-state index contributed by atoms with van der Waals surface area (Å²) in [6.07, 6.45) is 5.02. The minimum atomic E-state index is -0.433. The van der Waals surface area contributed by atoms with Crippen LogP contribution in [0.15, 0.2) is 30.4 Å². The summed E-state index contributed by atoms with van der Waals surface area (Å²) >= 11 is 0. The Morgan fingerprint density at radius 3 is 2.46 bits per heavy atom. The summed E-state index contributed by atoms with van der Waals surface area (Å²) in [5.74, 6) is -1.73. The highest BCUT2D eigenvalue weighted by Gasteiger charge is 2.46. The molecule has 1 N–H and O–H groups in total. The fourth-order valence-corrected chi connectivity index (χ4v) is 3.24. The SMILES string of the molecule is Cc1ccc(F)cc1NC(=O)CCN1C(=O)[C@@H]2CC=CC[C@H]2C1=O. The minimum absolute atomic E-state index is 0.000300. The van der Waals surface area contributed by atoms with Gasteiger partial charge >= 0.3 is 0 Å². The lowest BCUT2D eigenvalue weighted by Gasteiger charge is -2.15. The summed E-state index contributed by atoms with van der Waals surface area (Å²) in [5.41, 5.74) is 1.15. The van der Waals surface area contributed by atoms with E-state index in [4.69, 9.17) is 0 Å². The van der Waals surface area contributed by atoms with Gasteiger partial charge in [0.25, 0.3) is 0 Å². The number of halogens is 1. The highest BCUT2D eigenvalue weighted by Crippen LogP contribution is 2.35. The Kier molecular flexibility index (Phi) is 4.46. The zero-order chi connectivity index (χ0) is 17.3. The molecule has 24 heavy (non-hydrogen) atoms. The Morgan fingerprint density at radius 2 is 1.83 bits per heavy atom. The topological polar surface area (TPSA) is 66.5 Å². The molecular formula is C18H19FN2O3. The van der Waals surface area contributed by atoms with Crippen molar-refractivity contribution in [1.82, 2.24) is 4.90 Å². The average molecular weight is 330 g/mol. The molecule has 0 saturated carbocycles. The number of hydrogen-bond acceptors (Lipinski definition) is 3. The number of benzene rings is 1. The van der Waals surface area contributed by atoms with Crippen molar-refractivity contribution in [2.45, 2.75) is 26.2 Å². The van der Waals surface area contributed by atoms with Crippen LogP contribution in [0.3, 0.4) is 0 Å². The van der Waals surface area contributed by atoms with Crippen LogP contribution < -0.4 is 5.32 Å². The van der Waals surface area contributed by atoms with Crippen molar-refractivity contribution in [2.75, 3.05) is 11.9 Å². The Labute approximate surface area is 139 Å². The quantitative estimate of drug-likeness (QED) is 0.681. The number of anilines is 1. The number of imide groups is 1. The number of aryl methyl sites for hydroxylation is 1. The number of nitrogens with zero attached hydrogens (tertiary/aromatic N) is 1. The summed E-state index contributed by atoms with van der Waals surface area (Å²) < 4.78 is 13.2. The van der Waals surface area contributed by atoms with Gasteiger partial charge in [-0.25, -0.2) is 4.39 Å². The zero-order valence-electron chi connectivity index (χ0n) is 13.4. The van der Waals surface area contributed by atoms with Crippen LogP contribution in [0, 0.1) is 24.6 Å². The minimum Gasteiger partial charge on any atom is -0.326 e. The summed E-state index contributed by atoms with van der Waals surface area (Å²) in [6, 6.07) is 4.15. The first-order chi connectivity index (χ1) is 11.5. The van der Waals surface area contributed by atoms with Gasteiger partial charge in [0, 0.05) is 18.7 Å². The van der Waals surface area contributed by atoms with Crippen molar-refractivity contribution in [1.29, 1.82) is 0 Å². The van der Waals surface area contributed by atoms with Gasteiger partial charge in [0.15, 0.2) is 0 Å². The van der Waals surface area contributed by atoms with Crippen molar-refractivity contribution >= 4 is 23.4 Å². The lowest BCUT2D eigenvalue weighted by atomic mass is 9.85. The standard InChI is InChI=1S/C18H19FN2O3/c1-11-6-7-12(19)10-15(11)20-16(22)8-9-21-17(23)13-4-2-3-5-14(13)18(21)24/h2-3,6-7,10,13-14H,4-5,8-9H2,1H3,(H,20,22)/t13-,14-/m1/s1. The van der Waals surface area contributed by atoms with E-state index in [2.05, 4.69) is 5.32 Å². The maximum atomic E-state index is 13.2. The molecular weight excluding hydrogens is 311 g/mol. The zero-order valence-corrected chi connectivity index (χ0v) is 13.4. The number of carbonyl (C=O) groups is 3. The van der Waals surface area contributed by atoms with Crippen molar-refractivity contribution in [3.05, 3.63) is 41.7 Å². The largest absolute Gasteiger partial charge is 0.326 e. The van der Waals surface area contributed by atoms with Gasteiger partial charge in [0.2, 0.25) is 17.7 Å². The molecule has 5 nitrogen and oxygen atoms in total. The van der Waals surface area contributed by atoms with Crippen LogP contribution in [-0.4, -0.2) is 29.2 Å². The monoisotopic (exact) mass is 330 g/mol. The van der Waals surface area contributed by atoms with Crippen LogP contribution in [0.1, 0.15) is 24.8 Å². The summed E-state index contributed by atoms with van der Waals surface area (Å²) in [5, 5.41) is 2.63. The smallest absolute Gasteiger partial charge is 0.233 e. The van der Waals surface area contributed by atoms with Crippen molar-refractivity contribution < 1.29 is 18.8 Å². The molecule has 1 fully saturated rings. The second kappa shape index (κ2) is 6.55. The number of hydrogen-bond donors (Lipinski definition) is 1. The number of fused-ring (bicyclic) bond motifs is 1. The predicted molar refractivity (Wildman–Crippen MR) is 86.5 cm³/mol. The van der Waals surface area contributed by atoms with E-state index in [1.807, 2.05) is 12.2 Å². The molecule has 1 aliphatic carbocycles. The molecule has 0 bridgehead atoms. The molecule has 2 aliphatic rings. The van der Waals surface area contributed by atoms with Crippen LogP contribution in [0.5, 0.6) is 0 Å². The van der Waals surface area contributed by atoms with E-state index in [1.54, 1.807) is 13.0 Å². The molecule has 1 aromatic rings. The van der Waals surface area contributed by atoms with Crippen molar-refractivity contribution in [3.8, 4) is 0 Å². The fraction of sp³-hybridized carbons (Fsp3) is 0.389. The number of nitrogens with one attached hydrogen (secondary N) is 1. The molecule has 0 unspecified atom stereocenters. The molecule has 1 aromatic carbocycles. The highest BCUT2D eigenvalue weighted by molar-refractivity contribution is 6.05. The molecule has 1 aliphatic heterocycles. The molecule has 1 heterocycles. The van der Waals surface area contributed by atoms with E-state index in [-0.39, 0.29) is 42.5 Å². The molecule has 3 amide bonds. The van der Waals surface area contributed by atoms with Gasteiger partial charge in [-0.05, 0) is 37.5 Å². The van der Waals surface area contributed by atoms with Gasteiger partial charge < -0.3 is 5.32 Å². The van der Waals surface area contributed by atoms with E-state index < -0.39 is 5.82 Å². The summed E-state index contributed by atoms with van der Waals surface area (Å²) in [6.45, 7) is 1.82. The number of amides is 3. The number of carbonyl (C=O) groups excluding carboxylic acids is 3. The van der Waals surface area contributed by atoms with Gasteiger partial charge in [-0.1, -0.05) is 18.2 Å². The van der Waals surface area contributed by atoms with E-state index in [0.717, 1.165) is 5.56 Å². The molecule has 0 radical (unpaired) electrons. The third kappa shape index (κ3) is 3.09. The van der Waals surface area contributed by atoms with Crippen LogP contribution in [-0.2, 0) is 14.4 Å². The normalized spacial score (nSPS) is 22.7. The average Bonchev–Trinajstić information content (AvgIpc) is 2.81. The Morgan fingerprint density at radius 1 is 1.21 bits per heavy atom. The summed E-state index contributed by atoms with van der Waals surface area (Å²) in [7, 11) is 0. The van der Waals surface area contributed by atoms with Crippen LogP contribution in [0.2, 0.25) is 0 Å². The first-order valence-corrected chi connectivity index (χ1v) is 8.03. The molecule has 126 valence electrons. The van der Waals surface area contributed by atoms with Crippen molar-refractivity contribution in [2.24, 2.45) is 11.8 Å². The second-order valence-electron chi connectivity index (χ2n) is 6.24. The van der Waals surface area contributed by atoms with Crippen LogP contribution in [0.25, 0.3) is 0 Å². The van der Waals surface area contributed by atoms with Gasteiger partial charge in [-0.3, -0.25) is 19.3 Å². The maximum Gasteiger partial charge on any atom is 0.233 e. The summed E-state index contributed by atoms with van der Waals surface area (Å²) in [4.78, 5) is 37.9. The third-order valence-electron chi connectivity index (χ3n) is 4.64. The molecule has 2 atom stereocenters. The molecule has 6 heteroatoms. The van der Waals surface area contributed by atoms with Gasteiger partial charge in [0.1, 0.15) is 5.82 Å². The third-order valence-corrected chi connectivity index (χ3v) is 4.64. The molecule has 1 saturated heterocycles. The van der Waals surface area contributed by atoms with E-state index >= 15 is 0 Å². The predicted octanol–water partition coefficient (Wildman–Crippen LogP) is 2.41. The van der Waals surface area contributed by atoms with Crippen LogP contribution >= 0.6 is 0 Å². The number of rotatable bonds is 4. The first-order valence-electron chi connectivity index (χ1n) is 8.03.